The first kappa shape index (κ1) is 24.0. The van der Waals surface area contributed by atoms with Crippen molar-refractivity contribution in [2.24, 2.45) is 0 Å². The third-order valence-electron chi connectivity index (χ3n) is 5.86. The summed E-state index contributed by atoms with van der Waals surface area (Å²) in [6.45, 7) is 8.48. The quantitative estimate of drug-likeness (QED) is 0.241. The first-order valence-corrected chi connectivity index (χ1v) is 12.9. The monoisotopic (exact) mass is 488 g/mol. The lowest BCUT2D eigenvalue weighted by molar-refractivity contribution is -0.665. The summed E-state index contributed by atoms with van der Waals surface area (Å²) in [6, 6.07) is 16.7. The van der Waals surface area contributed by atoms with E-state index in [4.69, 9.17) is 12.6 Å². The van der Waals surface area contributed by atoms with Crippen LogP contribution in [0.25, 0.3) is 22.4 Å². The van der Waals surface area contributed by atoms with Crippen LogP contribution in [0.1, 0.15) is 31.3 Å². The van der Waals surface area contributed by atoms with Crippen molar-refractivity contribution in [2.75, 3.05) is 18.0 Å². The molecule has 1 aliphatic rings. The number of hydrogen-bond donors (Lipinski definition) is 1. The van der Waals surface area contributed by atoms with Crippen LogP contribution in [-0.4, -0.2) is 23.9 Å². The van der Waals surface area contributed by atoms with Crippen molar-refractivity contribution in [1.82, 2.24) is 4.90 Å². The highest BCUT2D eigenvalue weighted by molar-refractivity contribution is 7.84. The standard InChI is InChI=1S/C28H29N3OS2/c1-4-29-22(19-18-21-12-7-8-14-23(21)29)13-11-17-26(32)31(6-3)27(33)20-28-30(5-2)24-15-9-10-16-25(24)34-28/h7-20H,4-6H2,1-3H3/p+1. The molecule has 0 bridgehead atoms. The average Bonchev–Trinajstić information content (AvgIpc) is 3.21. The minimum Gasteiger partial charge on any atom is -0.341 e. The van der Waals surface area contributed by atoms with E-state index in [1.807, 2.05) is 31.2 Å². The van der Waals surface area contributed by atoms with Crippen LogP contribution in [0.2, 0.25) is 0 Å². The van der Waals surface area contributed by atoms with Gasteiger partial charge in [-0.2, -0.15) is 4.57 Å². The van der Waals surface area contributed by atoms with E-state index in [1.165, 1.54) is 21.5 Å². The van der Waals surface area contributed by atoms with Gasteiger partial charge in [0.25, 0.3) is 10.9 Å². The maximum absolute atomic E-state index is 13.0. The van der Waals surface area contributed by atoms with Crippen molar-refractivity contribution in [3.63, 3.8) is 0 Å². The van der Waals surface area contributed by atoms with Crippen LogP contribution in [0.4, 0.5) is 5.69 Å². The molecule has 174 valence electrons. The Bertz CT molecular complexity index is 1320. The van der Waals surface area contributed by atoms with E-state index in [0.29, 0.717) is 11.6 Å². The van der Waals surface area contributed by atoms with Gasteiger partial charge in [-0.25, -0.2) is 0 Å². The van der Waals surface area contributed by atoms with Crippen LogP contribution in [0.15, 0.2) is 83.6 Å². The lowest BCUT2D eigenvalue weighted by Crippen LogP contribution is -2.34. The molecule has 1 amide bonds. The number of para-hydroxylation sites is 2. The number of fused-ring (bicyclic) bond motifs is 2. The van der Waals surface area contributed by atoms with E-state index in [-0.39, 0.29) is 5.91 Å². The maximum atomic E-state index is 13.0. The highest BCUT2D eigenvalue weighted by atomic mass is 32.1. The number of carbonyl (C=O) groups is 1. The van der Waals surface area contributed by atoms with Crippen LogP contribution >= 0.6 is 24.0 Å². The summed E-state index contributed by atoms with van der Waals surface area (Å²) in [5.74, 6) is -0.0898. The third-order valence-corrected chi connectivity index (χ3v) is 7.34. The van der Waals surface area contributed by atoms with Crippen molar-refractivity contribution in [3.05, 3.63) is 94.1 Å². The maximum Gasteiger partial charge on any atom is 0.265 e. The largest absolute Gasteiger partial charge is 0.341 e. The molecule has 0 atom stereocenters. The lowest BCUT2D eigenvalue weighted by atomic mass is 10.1. The second kappa shape index (κ2) is 10.9. The van der Waals surface area contributed by atoms with Crippen molar-refractivity contribution >= 4 is 57.9 Å². The Morgan fingerprint density at radius 3 is 2.62 bits per heavy atom. The molecule has 6 heteroatoms. The molecule has 2 heterocycles. The van der Waals surface area contributed by atoms with Gasteiger partial charge in [-0.15, -0.1) is 12.6 Å². The Hall–Kier alpha value is -3.09. The molecule has 4 nitrogen and oxygen atoms in total. The summed E-state index contributed by atoms with van der Waals surface area (Å²) in [7, 11) is 0. The SMILES string of the molecule is CCN(C(=O)C=CC=C1C=Cc2ccccc2N1CC)/C(S)=C/c1sc2ccccc2[n+]1CC. The van der Waals surface area contributed by atoms with E-state index in [1.54, 1.807) is 22.3 Å². The molecular weight excluding hydrogens is 458 g/mol. The minimum absolute atomic E-state index is 0.0898. The van der Waals surface area contributed by atoms with Gasteiger partial charge in [-0.05, 0) is 50.6 Å². The fourth-order valence-electron chi connectivity index (χ4n) is 4.20. The Balaban J connectivity index is 1.54. The van der Waals surface area contributed by atoms with E-state index in [9.17, 15) is 4.79 Å². The molecule has 0 radical (unpaired) electrons. The molecule has 3 aromatic rings. The summed E-state index contributed by atoms with van der Waals surface area (Å²) in [5, 5.41) is 1.72. The molecule has 0 unspecified atom stereocenters. The number of amides is 1. The first-order valence-electron chi connectivity index (χ1n) is 11.6. The van der Waals surface area contributed by atoms with Gasteiger partial charge in [0.1, 0.15) is 11.2 Å². The second-order valence-electron chi connectivity index (χ2n) is 7.82. The van der Waals surface area contributed by atoms with Gasteiger partial charge in [0.2, 0.25) is 5.52 Å². The number of thiol groups is 1. The normalized spacial score (nSPS) is 14.9. The molecule has 0 saturated carbocycles. The zero-order chi connectivity index (χ0) is 24.1. The molecule has 34 heavy (non-hydrogen) atoms. The summed E-state index contributed by atoms with van der Waals surface area (Å²) < 4.78 is 3.47. The molecule has 0 fully saturated rings. The molecule has 1 aliphatic heterocycles. The summed E-state index contributed by atoms with van der Waals surface area (Å²) in [4.78, 5) is 16.9. The summed E-state index contributed by atoms with van der Waals surface area (Å²) >= 11 is 6.41. The molecule has 0 aliphatic carbocycles. The molecular formula is C28H30N3OS2+. The third kappa shape index (κ3) is 4.88. The predicted octanol–water partition coefficient (Wildman–Crippen LogP) is 6.28. The number of anilines is 1. The van der Waals surface area contributed by atoms with Crippen LogP contribution < -0.4 is 9.47 Å². The number of aromatic nitrogens is 1. The van der Waals surface area contributed by atoms with Gasteiger partial charge in [0.05, 0.1) is 11.1 Å². The van der Waals surface area contributed by atoms with E-state index in [2.05, 4.69) is 77.9 Å². The van der Waals surface area contributed by atoms with Crippen LogP contribution in [0.3, 0.4) is 0 Å². The van der Waals surface area contributed by atoms with E-state index < -0.39 is 0 Å². The number of hydrogen-bond acceptors (Lipinski definition) is 4. The molecule has 4 rings (SSSR count). The first-order chi connectivity index (χ1) is 16.6. The topological polar surface area (TPSA) is 27.4 Å². The van der Waals surface area contributed by atoms with Crippen LogP contribution in [0, 0.1) is 0 Å². The Morgan fingerprint density at radius 1 is 1.09 bits per heavy atom. The highest BCUT2D eigenvalue weighted by Crippen LogP contribution is 2.30. The molecule has 0 N–H and O–H groups in total. The number of aryl methyl sites for hydroxylation is 1. The second-order valence-corrected chi connectivity index (χ2v) is 9.34. The van der Waals surface area contributed by atoms with Gasteiger partial charge in [0.15, 0.2) is 0 Å². The van der Waals surface area contributed by atoms with Crippen molar-refractivity contribution in [2.45, 2.75) is 27.3 Å². The Kier molecular flexibility index (Phi) is 7.70. The summed E-state index contributed by atoms with van der Waals surface area (Å²) in [6.07, 6.45) is 11.6. The smallest absolute Gasteiger partial charge is 0.265 e. The molecule has 1 aromatic heterocycles. The number of thiazole rings is 1. The van der Waals surface area contributed by atoms with Gasteiger partial charge >= 0.3 is 0 Å². The number of allylic oxidation sites excluding steroid dienone is 3. The number of likely N-dealkylation sites (N-methyl/N-ethyl adjacent to an activating group) is 2. The molecule has 0 spiro atoms. The van der Waals surface area contributed by atoms with Gasteiger partial charge in [0, 0.05) is 36.6 Å². The molecule has 0 saturated heterocycles. The van der Waals surface area contributed by atoms with Gasteiger partial charge < -0.3 is 9.80 Å². The predicted molar refractivity (Wildman–Crippen MR) is 148 cm³/mol. The Labute approximate surface area is 211 Å². The minimum atomic E-state index is -0.0898. The number of nitrogens with zero attached hydrogens (tertiary/aromatic N) is 3. The fourth-order valence-corrected chi connectivity index (χ4v) is 5.81. The van der Waals surface area contributed by atoms with Gasteiger partial charge in [-0.1, -0.05) is 53.8 Å². The van der Waals surface area contributed by atoms with E-state index in [0.717, 1.165) is 23.8 Å². The van der Waals surface area contributed by atoms with Crippen LogP contribution in [0.5, 0.6) is 0 Å². The zero-order valence-corrected chi connectivity index (χ0v) is 21.5. The lowest BCUT2D eigenvalue weighted by Gasteiger charge is -2.29. The average molecular weight is 489 g/mol. The van der Waals surface area contributed by atoms with Crippen molar-refractivity contribution in [1.29, 1.82) is 0 Å². The molecule has 2 aromatic carbocycles. The number of rotatable bonds is 7. The summed E-state index contributed by atoms with van der Waals surface area (Å²) in [5.41, 5.74) is 4.64. The fraction of sp³-hybridized carbons (Fsp3) is 0.214. The number of benzene rings is 2. The van der Waals surface area contributed by atoms with Gasteiger partial charge in [-0.3, -0.25) is 4.79 Å². The van der Waals surface area contributed by atoms with Crippen molar-refractivity contribution in [3.8, 4) is 0 Å². The Morgan fingerprint density at radius 2 is 1.85 bits per heavy atom. The zero-order valence-electron chi connectivity index (χ0n) is 19.8. The van der Waals surface area contributed by atoms with Crippen molar-refractivity contribution < 1.29 is 9.36 Å². The number of carbonyl (C=O) groups excluding carboxylic acids is 1. The van der Waals surface area contributed by atoms with Crippen LogP contribution in [-0.2, 0) is 11.3 Å². The highest BCUT2D eigenvalue weighted by Gasteiger charge is 2.20. The van der Waals surface area contributed by atoms with E-state index >= 15 is 0 Å².